The highest BCUT2D eigenvalue weighted by Crippen LogP contribution is 2.37. The first-order valence-corrected chi connectivity index (χ1v) is 10.4. The number of likely N-dealkylation sites (tertiary alicyclic amines) is 1. The Morgan fingerprint density at radius 1 is 1.00 bits per heavy atom. The van der Waals surface area contributed by atoms with Gasteiger partial charge in [-0.05, 0) is 44.4 Å². The van der Waals surface area contributed by atoms with E-state index in [0.29, 0.717) is 5.69 Å². The van der Waals surface area contributed by atoms with Crippen molar-refractivity contribution in [1.82, 2.24) is 10.2 Å². The summed E-state index contributed by atoms with van der Waals surface area (Å²) in [6.45, 7) is 3.95. The van der Waals surface area contributed by atoms with E-state index in [9.17, 15) is 19.2 Å². The quantitative estimate of drug-likeness (QED) is 0.688. The second-order valence-corrected chi connectivity index (χ2v) is 8.22. The number of imide groups is 1. The molecule has 1 aliphatic heterocycles. The van der Waals surface area contributed by atoms with Crippen molar-refractivity contribution in [2.24, 2.45) is 11.8 Å². The zero-order valence-electron chi connectivity index (χ0n) is 17.1. The first-order chi connectivity index (χ1) is 13.8. The molecule has 4 amide bonds. The molecule has 1 aliphatic carbocycles. The van der Waals surface area contributed by atoms with Gasteiger partial charge in [0.2, 0.25) is 23.6 Å². The van der Waals surface area contributed by atoms with Crippen LogP contribution in [0.2, 0.25) is 0 Å². The van der Waals surface area contributed by atoms with Crippen LogP contribution in [0.1, 0.15) is 51.5 Å². The monoisotopic (exact) mass is 399 g/mol. The second-order valence-electron chi connectivity index (χ2n) is 8.22. The van der Waals surface area contributed by atoms with Gasteiger partial charge in [-0.2, -0.15) is 0 Å². The van der Waals surface area contributed by atoms with Crippen molar-refractivity contribution >= 4 is 29.3 Å². The topological polar surface area (TPSA) is 95.6 Å². The Balaban J connectivity index is 1.48. The van der Waals surface area contributed by atoms with Crippen LogP contribution in [-0.4, -0.2) is 41.1 Å². The van der Waals surface area contributed by atoms with Crippen molar-refractivity contribution in [3.63, 3.8) is 0 Å². The Bertz CT molecular complexity index is 764. The van der Waals surface area contributed by atoms with E-state index in [1.165, 1.54) is 4.90 Å². The molecule has 2 unspecified atom stereocenters. The predicted octanol–water partition coefficient (Wildman–Crippen LogP) is 2.26. The molecule has 2 fully saturated rings. The molecular weight excluding hydrogens is 370 g/mol. The van der Waals surface area contributed by atoms with Crippen LogP contribution >= 0.6 is 0 Å². The molecule has 29 heavy (non-hydrogen) atoms. The van der Waals surface area contributed by atoms with Crippen LogP contribution in [0.15, 0.2) is 24.3 Å². The molecule has 0 radical (unpaired) electrons. The largest absolute Gasteiger partial charge is 0.354 e. The molecule has 0 spiro atoms. The number of amides is 4. The molecule has 156 valence electrons. The molecule has 7 heteroatoms. The van der Waals surface area contributed by atoms with Crippen LogP contribution in [0.4, 0.5) is 5.69 Å². The lowest BCUT2D eigenvalue weighted by Crippen LogP contribution is -2.34. The van der Waals surface area contributed by atoms with E-state index < -0.39 is 0 Å². The molecule has 0 aromatic heterocycles. The molecule has 1 aromatic rings. The number of hydrogen-bond donors (Lipinski definition) is 2. The predicted molar refractivity (Wildman–Crippen MR) is 109 cm³/mol. The van der Waals surface area contributed by atoms with E-state index in [2.05, 4.69) is 10.6 Å². The lowest BCUT2D eigenvalue weighted by atomic mass is 9.81. The number of nitrogens with zero attached hydrogens (tertiary/aromatic N) is 1. The Labute approximate surface area is 171 Å². The summed E-state index contributed by atoms with van der Waals surface area (Å²) in [5, 5.41) is 5.62. The van der Waals surface area contributed by atoms with E-state index in [-0.39, 0.29) is 60.9 Å². The SMILES string of the molecule is CC(C)NC(=O)Cc1ccc(NC(=O)CCN2C(=O)C3CCCCC3C2=O)cc1. The van der Waals surface area contributed by atoms with Crippen molar-refractivity contribution in [3.05, 3.63) is 29.8 Å². The summed E-state index contributed by atoms with van der Waals surface area (Å²) in [7, 11) is 0. The third kappa shape index (κ3) is 5.22. The fourth-order valence-electron chi connectivity index (χ4n) is 4.15. The molecule has 2 atom stereocenters. The van der Waals surface area contributed by atoms with E-state index in [4.69, 9.17) is 0 Å². The highest BCUT2D eigenvalue weighted by atomic mass is 16.2. The first kappa shape index (κ1) is 21.0. The van der Waals surface area contributed by atoms with Crippen molar-refractivity contribution in [3.8, 4) is 0 Å². The van der Waals surface area contributed by atoms with E-state index >= 15 is 0 Å². The standard InChI is InChI=1S/C22H29N3O4/c1-14(2)23-20(27)13-15-7-9-16(10-8-15)24-19(26)11-12-25-21(28)17-5-3-4-6-18(17)22(25)29/h7-10,14,17-18H,3-6,11-13H2,1-2H3,(H,23,27)(H,24,26). The van der Waals surface area contributed by atoms with Gasteiger partial charge in [-0.15, -0.1) is 0 Å². The van der Waals surface area contributed by atoms with E-state index in [1.807, 2.05) is 13.8 Å². The zero-order valence-corrected chi connectivity index (χ0v) is 17.1. The molecular formula is C22H29N3O4. The van der Waals surface area contributed by atoms with Crippen LogP contribution in [0.25, 0.3) is 0 Å². The molecule has 2 N–H and O–H groups in total. The van der Waals surface area contributed by atoms with Crippen molar-refractivity contribution < 1.29 is 19.2 Å². The zero-order chi connectivity index (χ0) is 21.0. The number of hydrogen-bond acceptors (Lipinski definition) is 4. The second kappa shape index (κ2) is 9.20. The molecule has 3 rings (SSSR count). The molecule has 0 bridgehead atoms. The Hall–Kier alpha value is -2.70. The van der Waals surface area contributed by atoms with Gasteiger partial charge in [0.15, 0.2) is 0 Å². The van der Waals surface area contributed by atoms with Crippen LogP contribution in [-0.2, 0) is 25.6 Å². The molecule has 1 saturated carbocycles. The maximum Gasteiger partial charge on any atom is 0.233 e. The first-order valence-electron chi connectivity index (χ1n) is 10.4. The van der Waals surface area contributed by atoms with Crippen molar-refractivity contribution in [2.45, 2.75) is 58.4 Å². The van der Waals surface area contributed by atoms with Gasteiger partial charge in [-0.3, -0.25) is 24.1 Å². The molecule has 1 heterocycles. The number of benzene rings is 1. The van der Waals surface area contributed by atoms with E-state index in [1.54, 1.807) is 24.3 Å². The lowest BCUT2D eigenvalue weighted by molar-refractivity contribution is -0.140. The van der Waals surface area contributed by atoms with Gasteiger partial charge in [-0.25, -0.2) is 0 Å². The van der Waals surface area contributed by atoms with Gasteiger partial charge in [-0.1, -0.05) is 25.0 Å². The highest BCUT2D eigenvalue weighted by molar-refractivity contribution is 6.05. The fourth-order valence-corrected chi connectivity index (χ4v) is 4.15. The molecule has 7 nitrogen and oxygen atoms in total. The third-order valence-electron chi connectivity index (χ3n) is 5.55. The summed E-state index contributed by atoms with van der Waals surface area (Å²) >= 11 is 0. The number of carbonyl (C=O) groups excluding carboxylic acids is 4. The molecule has 2 aliphatic rings. The third-order valence-corrected chi connectivity index (χ3v) is 5.55. The van der Waals surface area contributed by atoms with Gasteiger partial charge < -0.3 is 10.6 Å². The number of nitrogens with one attached hydrogen (secondary N) is 2. The fraction of sp³-hybridized carbons (Fsp3) is 0.545. The van der Waals surface area contributed by atoms with Crippen molar-refractivity contribution in [1.29, 1.82) is 0 Å². The summed E-state index contributed by atoms with van der Waals surface area (Å²) in [4.78, 5) is 50.2. The van der Waals surface area contributed by atoms with Gasteiger partial charge in [0.05, 0.1) is 18.3 Å². The summed E-state index contributed by atoms with van der Waals surface area (Å²) in [6.07, 6.45) is 3.90. The average Bonchev–Trinajstić information content (AvgIpc) is 2.92. The summed E-state index contributed by atoms with van der Waals surface area (Å²) in [5.41, 5.74) is 1.48. The smallest absolute Gasteiger partial charge is 0.233 e. The van der Waals surface area contributed by atoms with Gasteiger partial charge >= 0.3 is 0 Å². The maximum absolute atomic E-state index is 12.5. The Kier molecular flexibility index (Phi) is 6.67. The Morgan fingerprint density at radius 3 is 2.14 bits per heavy atom. The van der Waals surface area contributed by atoms with Crippen LogP contribution in [0.3, 0.4) is 0 Å². The van der Waals surface area contributed by atoms with Gasteiger partial charge in [0, 0.05) is 24.7 Å². The highest BCUT2D eigenvalue weighted by Gasteiger charge is 2.47. The molecule has 1 saturated heterocycles. The summed E-state index contributed by atoms with van der Waals surface area (Å²) in [5.74, 6) is -0.879. The van der Waals surface area contributed by atoms with Crippen LogP contribution in [0, 0.1) is 11.8 Å². The van der Waals surface area contributed by atoms with Gasteiger partial charge in [0.1, 0.15) is 0 Å². The maximum atomic E-state index is 12.5. The summed E-state index contributed by atoms with van der Waals surface area (Å²) in [6, 6.07) is 7.19. The van der Waals surface area contributed by atoms with E-state index in [0.717, 1.165) is 31.2 Å². The van der Waals surface area contributed by atoms with Gasteiger partial charge in [0.25, 0.3) is 0 Å². The minimum atomic E-state index is -0.245. The van der Waals surface area contributed by atoms with Crippen molar-refractivity contribution in [2.75, 3.05) is 11.9 Å². The van der Waals surface area contributed by atoms with Crippen LogP contribution in [0.5, 0.6) is 0 Å². The minimum absolute atomic E-state index is 0.0442. The number of anilines is 1. The minimum Gasteiger partial charge on any atom is -0.354 e. The molecule has 1 aromatic carbocycles. The van der Waals surface area contributed by atoms with Crippen LogP contribution < -0.4 is 10.6 Å². The number of carbonyl (C=O) groups is 4. The normalized spacial score (nSPS) is 21.3. The number of rotatable bonds is 7. The summed E-state index contributed by atoms with van der Waals surface area (Å²) < 4.78 is 0. The average molecular weight is 399 g/mol. The Morgan fingerprint density at radius 2 is 1.59 bits per heavy atom. The lowest BCUT2D eigenvalue weighted by Gasteiger charge is -2.19. The number of fused-ring (bicyclic) bond motifs is 1.